The predicted octanol–water partition coefficient (Wildman–Crippen LogP) is 4.96. The highest BCUT2D eigenvalue weighted by Crippen LogP contribution is 2.20. The van der Waals surface area contributed by atoms with Gasteiger partial charge in [0.25, 0.3) is 5.91 Å². The molecule has 0 aliphatic carbocycles. The Kier molecular flexibility index (Phi) is 8.79. The highest BCUT2D eigenvalue weighted by atomic mass is 16.5. The van der Waals surface area contributed by atoms with Crippen LogP contribution in [0.3, 0.4) is 0 Å². The summed E-state index contributed by atoms with van der Waals surface area (Å²) in [5, 5.41) is 0.475. The maximum absolute atomic E-state index is 14.0. The Morgan fingerprint density at radius 3 is 2.56 bits per heavy atom. The Bertz CT molecular complexity index is 1580. The van der Waals surface area contributed by atoms with Gasteiger partial charge in [-0.15, -0.1) is 0 Å². The van der Waals surface area contributed by atoms with Gasteiger partial charge in [0.05, 0.1) is 37.0 Å². The first kappa shape index (κ1) is 28.1. The first-order valence-corrected chi connectivity index (χ1v) is 13.8. The molecule has 1 aliphatic rings. The van der Waals surface area contributed by atoms with Crippen molar-refractivity contribution >= 4 is 22.8 Å². The number of fused-ring (bicyclic) bond motifs is 1. The first-order chi connectivity index (χ1) is 19.9. The molecule has 3 aromatic carbocycles. The normalized spacial score (nSPS) is 14.6. The molecule has 41 heavy (non-hydrogen) atoms. The first-order valence-electron chi connectivity index (χ1n) is 13.8. The number of benzene rings is 3. The van der Waals surface area contributed by atoms with Crippen LogP contribution >= 0.6 is 0 Å². The van der Waals surface area contributed by atoms with E-state index >= 15 is 0 Å². The van der Waals surface area contributed by atoms with Crippen molar-refractivity contribution in [2.45, 2.75) is 39.0 Å². The molecule has 2 heterocycles. The van der Waals surface area contributed by atoms with Gasteiger partial charge in [-0.25, -0.2) is 0 Å². The molecule has 8 heteroatoms. The van der Waals surface area contributed by atoms with Gasteiger partial charge in [-0.1, -0.05) is 48.0 Å². The molecule has 8 nitrogen and oxygen atoms in total. The molecule has 0 radical (unpaired) electrons. The molecule has 0 saturated carbocycles. The quantitative estimate of drug-likeness (QED) is 0.275. The molecule has 212 valence electrons. The van der Waals surface area contributed by atoms with E-state index in [0.29, 0.717) is 41.0 Å². The molecule has 1 atom stereocenters. The summed E-state index contributed by atoms with van der Waals surface area (Å²) in [6.07, 6.45) is 3.02. The number of methoxy groups -OCH3 is 1. The minimum Gasteiger partial charge on any atom is -0.497 e. The van der Waals surface area contributed by atoms with E-state index in [1.807, 2.05) is 43.3 Å². The van der Waals surface area contributed by atoms with Crippen molar-refractivity contribution in [3.63, 3.8) is 0 Å². The van der Waals surface area contributed by atoms with Gasteiger partial charge in [0, 0.05) is 25.3 Å². The van der Waals surface area contributed by atoms with Crippen LogP contribution in [0.5, 0.6) is 5.75 Å². The summed E-state index contributed by atoms with van der Waals surface area (Å²) < 4.78 is 16.9. The monoisotopic (exact) mass is 554 g/mol. The number of rotatable bonds is 10. The van der Waals surface area contributed by atoms with E-state index in [4.69, 9.17) is 13.9 Å². The zero-order chi connectivity index (χ0) is 28.8. The van der Waals surface area contributed by atoms with Gasteiger partial charge in [0.2, 0.25) is 5.91 Å². The van der Waals surface area contributed by atoms with Gasteiger partial charge >= 0.3 is 0 Å². The molecule has 0 spiro atoms. The highest BCUT2D eigenvalue weighted by Gasteiger charge is 2.28. The number of carbonyl (C=O) groups is 2. The smallest absolute Gasteiger partial charge is 0.254 e. The maximum Gasteiger partial charge on any atom is 0.254 e. The topological polar surface area (TPSA) is 89.3 Å². The molecular weight excluding hydrogens is 520 g/mol. The fourth-order valence-corrected chi connectivity index (χ4v) is 5.09. The lowest BCUT2D eigenvalue weighted by atomic mass is 10.1. The lowest BCUT2D eigenvalue weighted by Gasteiger charge is -2.29. The molecule has 2 amide bonds. The van der Waals surface area contributed by atoms with E-state index in [-0.39, 0.29) is 43.0 Å². The average molecular weight is 555 g/mol. The molecule has 5 rings (SSSR count). The van der Waals surface area contributed by atoms with Gasteiger partial charge in [-0.3, -0.25) is 14.4 Å². The third-order valence-electron chi connectivity index (χ3n) is 7.31. The summed E-state index contributed by atoms with van der Waals surface area (Å²) in [4.78, 5) is 44.2. The molecule has 0 N–H and O–H groups in total. The summed E-state index contributed by atoms with van der Waals surface area (Å²) >= 11 is 0. The number of aryl methyl sites for hydroxylation is 1. The van der Waals surface area contributed by atoms with Crippen molar-refractivity contribution in [2.24, 2.45) is 0 Å². The van der Waals surface area contributed by atoms with Crippen molar-refractivity contribution in [1.29, 1.82) is 0 Å². The van der Waals surface area contributed by atoms with Gasteiger partial charge in [0.15, 0.2) is 5.43 Å². The minimum absolute atomic E-state index is 0.0427. The van der Waals surface area contributed by atoms with Crippen LogP contribution in [0.25, 0.3) is 11.0 Å². The molecule has 1 unspecified atom stereocenters. The van der Waals surface area contributed by atoms with Crippen molar-refractivity contribution in [3.05, 3.63) is 112 Å². The molecular formula is C33H34N2O6. The Morgan fingerprint density at radius 2 is 1.80 bits per heavy atom. The zero-order valence-corrected chi connectivity index (χ0v) is 23.4. The van der Waals surface area contributed by atoms with Crippen LogP contribution in [0.4, 0.5) is 0 Å². The van der Waals surface area contributed by atoms with E-state index < -0.39 is 0 Å². The standard InChI is InChI=1S/C33H34N2O6/c1-23-13-14-30-29(16-23)32(37)26(22-41-30)19-34(18-24-8-4-3-5-9-24)31(36)21-35(20-28-12-7-15-40-28)33(38)25-10-6-11-27(17-25)39-2/h3-6,8-11,13-14,16-17,22,28H,7,12,15,18-21H2,1-2H3. The summed E-state index contributed by atoms with van der Waals surface area (Å²) in [5.74, 6) is -0.0110. The maximum atomic E-state index is 14.0. The molecule has 1 fully saturated rings. The Labute approximate surface area is 239 Å². The average Bonchev–Trinajstić information content (AvgIpc) is 3.51. The fraction of sp³-hybridized carbons (Fsp3) is 0.303. The van der Waals surface area contributed by atoms with Crippen LogP contribution in [-0.4, -0.2) is 54.5 Å². The second kappa shape index (κ2) is 12.8. The number of carbonyl (C=O) groups excluding carboxylic acids is 2. The minimum atomic E-state index is -0.285. The summed E-state index contributed by atoms with van der Waals surface area (Å²) in [6.45, 7) is 2.99. The SMILES string of the molecule is COc1cccc(C(=O)N(CC(=O)N(Cc2ccccc2)Cc2coc3ccc(C)cc3c2=O)CC2CCCO2)c1. The van der Waals surface area contributed by atoms with Crippen LogP contribution < -0.4 is 10.2 Å². The summed E-state index contributed by atoms with van der Waals surface area (Å²) in [6, 6.07) is 21.9. The molecule has 0 bridgehead atoms. The molecule has 1 aliphatic heterocycles. The van der Waals surface area contributed by atoms with Crippen LogP contribution in [-0.2, 0) is 22.6 Å². The number of amides is 2. The highest BCUT2D eigenvalue weighted by molar-refractivity contribution is 5.97. The van der Waals surface area contributed by atoms with E-state index in [2.05, 4.69) is 0 Å². The molecule has 1 aromatic heterocycles. The third kappa shape index (κ3) is 6.84. The summed E-state index contributed by atoms with van der Waals surface area (Å²) in [7, 11) is 1.55. The second-order valence-electron chi connectivity index (χ2n) is 10.4. The Morgan fingerprint density at radius 1 is 0.976 bits per heavy atom. The Hall–Kier alpha value is -4.43. The largest absolute Gasteiger partial charge is 0.497 e. The number of hydrogen-bond acceptors (Lipinski definition) is 6. The van der Waals surface area contributed by atoms with Gasteiger partial charge in [-0.05, 0) is 55.7 Å². The van der Waals surface area contributed by atoms with Crippen molar-refractivity contribution in [3.8, 4) is 5.75 Å². The van der Waals surface area contributed by atoms with Crippen molar-refractivity contribution in [1.82, 2.24) is 9.80 Å². The van der Waals surface area contributed by atoms with Crippen LogP contribution in [0.1, 0.15) is 39.9 Å². The van der Waals surface area contributed by atoms with Crippen LogP contribution in [0, 0.1) is 6.92 Å². The van der Waals surface area contributed by atoms with Crippen LogP contribution in [0.2, 0.25) is 0 Å². The van der Waals surface area contributed by atoms with Crippen molar-refractivity contribution < 1.29 is 23.5 Å². The summed E-state index contributed by atoms with van der Waals surface area (Å²) in [5.41, 5.74) is 2.97. The van der Waals surface area contributed by atoms with Crippen molar-refractivity contribution in [2.75, 3.05) is 26.8 Å². The van der Waals surface area contributed by atoms with Gasteiger partial charge in [-0.2, -0.15) is 0 Å². The third-order valence-corrected chi connectivity index (χ3v) is 7.31. The number of hydrogen-bond donors (Lipinski definition) is 0. The van der Waals surface area contributed by atoms with E-state index in [1.54, 1.807) is 48.4 Å². The lowest BCUT2D eigenvalue weighted by Crippen LogP contribution is -2.45. The fourth-order valence-electron chi connectivity index (χ4n) is 5.09. The number of nitrogens with zero attached hydrogens (tertiary/aromatic N) is 2. The molecule has 4 aromatic rings. The predicted molar refractivity (Wildman–Crippen MR) is 156 cm³/mol. The van der Waals surface area contributed by atoms with Gasteiger partial charge < -0.3 is 23.7 Å². The second-order valence-corrected chi connectivity index (χ2v) is 10.4. The van der Waals surface area contributed by atoms with E-state index in [9.17, 15) is 14.4 Å². The van der Waals surface area contributed by atoms with E-state index in [1.165, 1.54) is 11.2 Å². The molecule has 1 saturated heterocycles. The Balaban J connectivity index is 1.44. The van der Waals surface area contributed by atoms with E-state index in [0.717, 1.165) is 24.0 Å². The number of ether oxygens (including phenoxy) is 2. The lowest BCUT2D eigenvalue weighted by molar-refractivity contribution is -0.133. The zero-order valence-electron chi connectivity index (χ0n) is 23.4. The van der Waals surface area contributed by atoms with Crippen LogP contribution in [0.15, 0.2) is 88.3 Å². The van der Waals surface area contributed by atoms with Gasteiger partial charge in [0.1, 0.15) is 17.9 Å².